The molecule has 1 heterocycles. The van der Waals surface area contributed by atoms with Gasteiger partial charge < -0.3 is 9.84 Å². The first-order valence-corrected chi connectivity index (χ1v) is 9.04. The van der Waals surface area contributed by atoms with Crippen molar-refractivity contribution in [3.63, 3.8) is 0 Å². The third-order valence-electron chi connectivity index (χ3n) is 5.11. The molecule has 130 valence electrons. The Kier molecular flexibility index (Phi) is 6.85. The smallest absolute Gasteiger partial charge is 0.342 e. The van der Waals surface area contributed by atoms with E-state index in [-0.39, 0.29) is 12.0 Å². The van der Waals surface area contributed by atoms with E-state index in [0.29, 0.717) is 0 Å². The van der Waals surface area contributed by atoms with Crippen LogP contribution in [0.3, 0.4) is 0 Å². The summed E-state index contributed by atoms with van der Waals surface area (Å²) in [5.41, 5.74) is -1.44. The van der Waals surface area contributed by atoms with Crippen LogP contribution in [0.15, 0.2) is 24.8 Å². The molecule has 0 spiro atoms. The van der Waals surface area contributed by atoms with Gasteiger partial charge in [0.2, 0.25) is 0 Å². The molecule has 1 saturated heterocycles. The Morgan fingerprint density at radius 2 is 1.96 bits per heavy atom. The highest BCUT2D eigenvalue weighted by atomic mass is 16.6. The van der Waals surface area contributed by atoms with E-state index in [1.165, 1.54) is 0 Å². The lowest BCUT2D eigenvalue weighted by atomic mass is 9.85. The number of hydrogen-bond donors (Lipinski definition) is 1. The van der Waals surface area contributed by atoms with Crippen LogP contribution in [0.5, 0.6) is 0 Å². The molecule has 0 aromatic carbocycles. The largest absolute Gasteiger partial charge is 0.460 e. The molecule has 4 heteroatoms. The van der Waals surface area contributed by atoms with Gasteiger partial charge in [-0.2, -0.15) is 0 Å². The highest BCUT2D eigenvalue weighted by Crippen LogP contribution is 2.36. The summed E-state index contributed by atoms with van der Waals surface area (Å²) in [5, 5.41) is 11.0. The maximum atomic E-state index is 12.7. The molecule has 0 radical (unpaired) electrons. The van der Waals surface area contributed by atoms with E-state index < -0.39 is 11.6 Å². The molecular weight excluding hydrogens is 290 g/mol. The first-order chi connectivity index (χ1) is 11.1. The second-order valence-electron chi connectivity index (χ2n) is 6.81. The fourth-order valence-electron chi connectivity index (χ4n) is 3.67. The van der Waals surface area contributed by atoms with Gasteiger partial charge in [0.05, 0.1) is 0 Å². The van der Waals surface area contributed by atoms with Gasteiger partial charge in [-0.25, -0.2) is 4.79 Å². The zero-order valence-electron chi connectivity index (χ0n) is 14.4. The Morgan fingerprint density at radius 1 is 1.30 bits per heavy atom. The molecular formula is C19H31NO3. The fourth-order valence-corrected chi connectivity index (χ4v) is 3.67. The number of hydrogen-bond acceptors (Lipinski definition) is 4. The Morgan fingerprint density at radius 3 is 2.52 bits per heavy atom. The Hall–Kier alpha value is -1.13. The lowest BCUT2D eigenvalue weighted by Crippen LogP contribution is -2.47. The Labute approximate surface area is 140 Å². The van der Waals surface area contributed by atoms with Gasteiger partial charge in [0.25, 0.3) is 0 Å². The van der Waals surface area contributed by atoms with E-state index in [9.17, 15) is 9.90 Å². The van der Waals surface area contributed by atoms with Gasteiger partial charge in [-0.3, -0.25) is 4.90 Å². The van der Waals surface area contributed by atoms with Gasteiger partial charge >= 0.3 is 5.97 Å². The lowest BCUT2D eigenvalue weighted by molar-refractivity contribution is -0.173. The van der Waals surface area contributed by atoms with Gasteiger partial charge in [-0.15, -0.1) is 6.58 Å². The van der Waals surface area contributed by atoms with Crippen molar-refractivity contribution in [2.24, 2.45) is 5.92 Å². The van der Waals surface area contributed by atoms with Crippen LogP contribution in [-0.4, -0.2) is 47.3 Å². The molecule has 0 bridgehead atoms. The van der Waals surface area contributed by atoms with Crippen molar-refractivity contribution in [3.05, 3.63) is 24.8 Å². The van der Waals surface area contributed by atoms with Crippen molar-refractivity contribution < 1.29 is 14.6 Å². The lowest BCUT2D eigenvalue weighted by Gasteiger charge is -2.34. The molecule has 0 aromatic heterocycles. The van der Waals surface area contributed by atoms with Crippen molar-refractivity contribution in [2.45, 2.75) is 63.6 Å². The van der Waals surface area contributed by atoms with Crippen molar-refractivity contribution >= 4 is 5.97 Å². The van der Waals surface area contributed by atoms with Crippen LogP contribution >= 0.6 is 0 Å². The van der Waals surface area contributed by atoms with E-state index in [1.807, 2.05) is 19.1 Å². The number of nitrogens with zero attached hydrogens (tertiary/aromatic N) is 1. The standard InChI is InChI=1S/C19H31NO3/c1-3-5-12-19(22,16-8-6-7-9-16)18(21)23-17-10-14-20(13-4-2)15-11-17/h4-5,12,16-17,22H,2-3,6-11,13-15H2,1H3/b12-5-. The quantitative estimate of drug-likeness (QED) is 0.578. The molecule has 0 aromatic rings. The van der Waals surface area contributed by atoms with Gasteiger partial charge in [-0.05, 0) is 38.2 Å². The van der Waals surface area contributed by atoms with E-state index in [1.54, 1.807) is 6.08 Å². The van der Waals surface area contributed by atoms with Crippen molar-refractivity contribution in [1.29, 1.82) is 0 Å². The molecule has 1 unspecified atom stereocenters. The van der Waals surface area contributed by atoms with Gasteiger partial charge in [0, 0.05) is 25.6 Å². The molecule has 1 N–H and O–H groups in total. The summed E-state index contributed by atoms with van der Waals surface area (Å²) < 4.78 is 5.70. The Bertz CT molecular complexity index is 420. The summed E-state index contributed by atoms with van der Waals surface area (Å²) in [5.74, 6) is -0.449. The number of carbonyl (C=O) groups is 1. The molecule has 2 aliphatic rings. The van der Waals surface area contributed by atoms with Gasteiger partial charge in [0.15, 0.2) is 5.60 Å². The van der Waals surface area contributed by atoms with Crippen LogP contribution in [0.1, 0.15) is 51.9 Å². The minimum atomic E-state index is -1.44. The maximum absolute atomic E-state index is 12.7. The zero-order valence-corrected chi connectivity index (χ0v) is 14.4. The Balaban J connectivity index is 1.95. The SMILES string of the molecule is C=CCN1CCC(OC(=O)C(O)(/C=C\CC)C2CCCC2)CC1. The molecule has 23 heavy (non-hydrogen) atoms. The molecule has 1 saturated carbocycles. The van der Waals surface area contributed by atoms with Crippen molar-refractivity contribution in [2.75, 3.05) is 19.6 Å². The van der Waals surface area contributed by atoms with E-state index >= 15 is 0 Å². The van der Waals surface area contributed by atoms with Crippen molar-refractivity contribution in [3.8, 4) is 0 Å². The van der Waals surface area contributed by atoms with Crippen LogP contribution in [0, 0.1) is 5.92 Å². The molecule has 1 atom stereocenters. The van der Waals surface area contributed by atoms with Crippen LogP contribution in [0.25, 0.3) is 0 Å². The summed E-state index contributed by atoms with van der Waals surface area (Å²) >= 11 is 0. The van der Waals surface area contributed by atoms with Gasteiger partial charge in [0.1, 0.15) is 6.10 Å². The van der Waals surface area contributed by atoms with E-state index in [2.05, 4.69) is 11.5 Å². The highest BCUT2D eigenvalue weighted by Gasteiger charge is 2.45. The topological polar surface area (TPSA) is 49.8 Å². The average Bonchev–Trinajstić information content (AvgIpc) is 3.09. The predicted octanol–water partition coefficient (Wildman–Crippen LogP) is 3.07. The molecule has 4 nitrogen and oxygen atoms in total. The minimum absolute atomic E-state index is 0.00125. The van der Waals surface area contributed by atoms with Crippen LogP contribution in [0.2, 0.25) is 0 Å². The molecule has 1 aliphatic heterocycles. The third kappa shape index (κ3) is 4.67. The number of ether oxygens (including phenoxy) is 1. The monoisotopic (exact) mass is 321 g/mol. The molecule has 2 fully saturated rings. The summed E-state index contributed by atoms with van der Waals surface area (Å²) in [6.07, 6.45) is 11.8. The van der Waals surface area contributed by atoms with Crippen LogP contribution in [-0.2, 0) is 9.53 Å². The third-order valence-corrected chi connectivity index (χ3v) is 5.11. The summed E-state index contributed by atoms with van der Waals surface area (Å²) in [4.78, 5) is 15.0. The highest BCUT2D eigenvalue weighted by molar-refractivity contribution is 5.82. The normalized spacial score (nSPS) is 23.9. The molecule has 1 aliphatic carbocycles. The first kappa shape index (κ1) is 18.2. The predicted molar refractivity (Wildman–Crippen MR) is 92.1 cm³/mol. The molecule has 2 rings (SSSR count). The number of esters is 1. The van der Waals surface area contributed by atoms with Crippen LogP contribution in [0.4, 0.5) is 0 Å². The number of allylic oxidation sites excluding steroid dienone is 1. The average molecular weight is 321 g/mol. The zero-order chi connectivity index (χ0) is 16.7. The van der Waals surface area contributed by atoms with E-state index in [0.717, 1.165) is 64.6 Å². The number of piperidine rings is 1. The van der Waals surface area contributed by atoms with Crippen LogP contribution < -0.4 is 0 Å². The summed E-state index contributed by atoms with van der Waals surface area (Å²) in [6.45, 7) is 8.47. The second-order valence-corrected chi connectivity index (χ2v) is 6.81. The van der Waals surface area contributed by atoms with Gasteiger partial charge in [-0.1, -0.05) is 31.9 Å². The molecule has 0 amide bonds. The van der Waals surface area contributed by atoms with Crippen molar-refractivity contribution in [1.82, 2.24) is 4.90 Å². The summed E-state index contributed by atoms with van der Waals surface area (Å²) in [7, 11) is 0. The number of aliphatic hydroxyl groups is 1. The second kappa shape index (κ2) is 8.65. The first-order valence-electron chi connectivity index (χ1n) is 9.04. The maximum Gasteiger partial charge on any atom is 0.342 e. The fraction of sp³-hybridized carbons (Fsp3) is 0.737. The number of likely N-dealkylation sites (tertiary alicyclic amines) is 1. The number of rotatable bonds is 7. The minimum Gasteiger partial charge on any atom is -0.460 e. The van der Waals surface area contributed by atoms with E-state index in [4.69, 9.17) is 4.74 Å². The summed E-state index contributed by atoms with van der Waals surface area (Å²) in [6, 6.07) is 0. The number of carbonyl (C=O) groups excluding carboxylic acids is 1.